The molecule has 0 amide bonds. The van der Waals surface area contributed by atoms with Crippen LogP contribution in [0.3, 0.4) is 0 Å². The zero-order valence-corrected chi connectivity index (χ0v) is 27.7. The third-order valence-corrected chi connectivity index (χ3v) is 15.7. The molecule has 4 heteroatoms. The molecule has 0 atom stereocenters. The van der Waals surface area contributed by atoms with Crippen LogP contribution in [0.5, 0.6) is 0 Å². The quantitative estimate of drug-likeness (QED) is 0.0829. The number of thiophene rings is 2. The van der Waals surface area contributed by atoms with Crippen molar-refractivity contribution in [3.8, 4) is 27.9 Å². The molecular weight excluding hydrogens is 618 g/mol. The Bertz CT molecular complexity index is 1210. The van der Waals surface area contributed by atoms with Crippen LogP contribution in [0.4, 0.5) is 0 Å². The Kier molecular flexibility index (Phi) is 10.3. The standard InChI is InChI=1S/C33H42S2Se2/c1-3-5-7-9-11-13-20-33(21-14-12-10-8-6-4-2)25-19-22-34-31(25)32-26(33)24-27(35-32)28-17-18-30(37-28)29-16-15-23-36-29/h15-19,22-24H,3-14,20-21H2,1-2H3. The van der Waals surface area contributed by atoms with Gasteiger partial charge < -0.3 is 0 Å². The van der Waals surface area contributed by atoms with Gasteiger partial charge >= 0.3 is 233 Å². The Morgan fingerprint density at radius 1 is 0.676 bits per heavy atom. The predicted octanol–water partition coefficient (Wildman–Crippen LogP) is 11.0. The molecule has 0 fully saturated rings. The summed E-state index contributed by atoms with van der Waals surface area (Å²) in [5.41, 5.74) is 3.65. The molecule has 1 aliphatic carbocycles. The second kappa shape index (κ2) is 13.6. The van der Waals surface area contributed by atoms with Gasteiger partial charge in [-0.1, -0.05) is 13.8 Å². The Morgan fingerprint density at radius 3 is 2.03 bits per heavy atom. The van der Waals surface area contributed by atoms with Gasteiger partial charge in [0, 0.05) is 0 Å². The number of unbranched alkanes of at least 4 members (excludes halogenated alkanes) is 10. The first-order chi connectivity index (χ1) is 18.3. The summed E-state index contributed by atoms with van der Waals surface area (Å²) in [7, 11) is 0. The van der Waals surface area contributed by atoms with Crippen LogP contribution in [-0.2, 0) is 5.41 Å². The van der Waals surface area contributed by atoms with Gasteiger partial charge in [0.15, 0.2) is 0 Å². The fraction of sp³-hybridized carbons (Fsp3) is 0.515. The van der Waals surface area contributed by atoms with Crippen molar-refractivity contribution in [2.45, 2.75) is 109 Å². The molecule has 1 aliphatic rings. The minimum atomic E-state index is 0.262. The third kappa shape index (κ3) is 6.26. The van der Waals surface area contributed by atoms with Gasteiger partial charge in [-0.2, -0.15) is 0 Å². The van der Waals surface area contributed by atoms with Crippen molar-refractivity contribution in [2.75, 3.05) is 0 Å². The molecule has 0 aliphatic heterocycles. The molecule has 0 saturated heterocycles. The van der Waals surface area contributed by atoms with E-state index in [0.29, 0.717) is 29.0 Å². The van der Waals surface area contributed by atoms with E-state index < -0.39 is 0 Å². The maximum absolute atomic E-state index is 2.66. The molecule has 0 nitrogen and oxygen atoms in total. The fourth-order valence-corrected chi connectivity index (χ4v) is 13.1. The normalized spacial score (nSPS) is 13.8. The second-order valence-electron chi connectivity index (χ2n) is 10.8. The molecule has 0 spiro atoms. The number of hydrogen-bond donors (Lipinski definition) is 0. The van der Waals surface area contributed by atoms with Crippen molar-refractivity contribution in [1.29, 1.82) is 0 Å². The van der Waals surface area contributed by atoms with E-state index in [1.165, 1.54) is 89.9 Å². The summed E-state index contributed by atoms with van der Waals surface area (Å²) in [6.07, 6.45) is 19.4. The molecule has 5 rings (SSSR count). The van der Waals surface area contributed by atoms with Gasteiger partial charge in [-0.15, -0.1) is 0 Å². The monoisotopic (exact) mass is 662 g/mol. The number of rotatable bonds is 16. The van der Waals surface area contributed by atoms with Crippen LogP contribution in [0, 0.1) is 0 Å². The molecule has 0 unspecified atom stereocenters. The summed E-state index contributed by atoms with van der Waals surface area (Å²) in [4.78, 5) is 7.14. The number of hydrogen-bond acceptors (Lipinski definition) is 2. The fourth-order valence-electron chi connectivity index (χ4n) is 6.14. The summed E-state index contributed by atoms with van der Waals surface area (Å²) in [5, 5.41) is 2.38. The summed E-state index contributed by atoms with van der Waals surface area (Å²) in [5.74, 6) is 0. The summed E-state index contributed by atoms with van der Waals surface area (Å²) < 4.78 is 4.82. The van der Waals surface area contributed by atoms with Gasteiger partial charge in [0.25, 0.3) is 0 Å². The molecule has 4 aromatic rings. The Morgan fingerprint density at radius 2 is 1.35 bits per heavy atom. The van der Waals surface area contributed by atoms with Gasteiger partial charge in [0.1, 0.15) is 0 Å². The molecule has 0 saturated carbocycles. The van der Waals surface area contributed by atoms with Gasteiger partial charge in [-0.05, 0) is 0 Å². The van der Waals surface area contributed by atoms with Crippen LogP contribution in [-0.4, -0.2) is 29.0 Å². The van der Waals surface area contributed by atoms with E-state index in [0.717, 1.165) is 0 Å². The molecule has 0 radical (unpaired) electrons. The molecule has 4 heterocycles. The van der Waals surface area contributed by atoms with Crippen LogP contribution in [0.15, 0.2) is 46.7 Å². The zero-order chi connectivity index (χ0) is 25.5. The van der Waals surface area contributed by atoms with E-state index in [1.807, 2.05) is 11.3 Å². The van der Waals surface area contributed by atoms with E-state index in [1.54, 1.807) is 39.1 Å². The van der Waals surface area contributed by atoms with Crippen LogP contribution >= 0.6 is 22.7 Å². The summed E-state index contributed by atoms with van der Waals surface area (Å²) in [6, 6.07) is 14.6. The molecule has 4 aromatic heterocycles. The van der Waals surface area contributed by atoms with Gasteiger partial charge in [0.2, 0.25) is 0 Å². The van der Waals surface area contributed by atoms with E-state index in [2.05, 4.69) is 71.9 Å². The summed E-state index contributed by atoms with van der Waals surface area (Å²) in [6.45, 7) is 4.65. The molecule has 0 N–H and O–H groups in total. The van der Waals surface area contributed by atoms with Crippen LogP contribution in [0.25, 0.3) is 27.9 Å². The Labute approximate surface area is 245 Å². The SMILES string of the molecule is CCCCCCCCC1(CCCCCCCC)c2ccsc2-c2sc(-c3ccc(-c4ccc[se]4)[se]3)cc21. The van der Waals surface area contributed by atoms with Crippen molar-refractivity contribution in [3.05, 3.63) is 57.8 Å². The zero-order valence-electron chi connectivity index (χ0n) is 22.7. The maximum atomic E-state index is 2.66. The Balaban J connectivity index is 1.40. The van der Waals surface area contributed by atoms with E-state index in [9.17, 15) is 0 Å². The first-order valence-corrected chi connectivity index (χ1v) is 19.9. The van der Waals surface area contributed by atoms with Crippen LogP contribution in [0.1, 0.15) is 115 Å². The first-order valence-electron chi connectivity index (χ1n) is 14.6. The minimum absolute atomic E-state index is 0.262. The van der Waals surface area contributed by atoms with Crippen molar-refractivity contribution < 1.29 is 0 Å². The van der Waals surface area contributed by atoms with Crippen molar-refractivity contribution in [1.82, 2.24) is 0 Å². The summed E-state index contributed by atoms with van der Waals surface area (Å²) >= 11 is 5.11. The molecule has 37 heavy (non-hydrogen) atoms. The molecule has 0 bridgehead atoms. The molecule has 198 valence electrons. The third-order valence-electron chi connectivity index (χ3n) is 8.16. The first kappa shape index (κ1) is 27.9. The average Bonchev–Trinajstić information content (AvgIpc) is 3.72. The Hall–Kier alpha value is -0.601. The van der Waals surface area contributed by atoms with Crippen molar-refractivity contribution in [3.63, 3.8) is 0 Å². The van der Waals surface area contributed by atoms with Gasteiger partial charge in [-0.3, -0.25) is 0 Å². The van der Waals surface area contributed by atoms with Crippen LogP contribution in [0.2, 0.25) is 0 Å². The predicted molar refractivity (Wildman–Crippen MR) is 169 cm³/mol. The van der Waals surface area contributed by atoms with E-state index in [4.69, 9.17) is 0 Å². The van der Waals surface area contributed by atoms with E-state index >= 15 is 0 Å². The topological polar surface area (TPSA) is 0 Å². The van der Waals surface area contributed by atoms with Gasteiger partial charge in [0.05, 0.1) is 0 Å². The van der Waals surface area contributed by atoms with Gasteiger partial charge in [-0.25, -0.2) is 0 Å². The van der Waals surface area contributed by atoms with Crippen molar-refractivity contribution in [2.24, 2.45) is 0 Å². The molecular formula is C33H42S2Se2. The number of fused-ring (bicyclic) bond motifs is 3. The van der Waals surface area contributed by atoms with E-state index in [-0.39, 0.29) is 5.41 Å². The van der Waals surface area contributed by atoms with Crippen LogP contribution < -0.4 is 0 Å². The second-order valence-corrected chi connectivity index (χ2v) is 17.0. The average molecular weight is 661 g/mol. The van der Waals surface area contributed by atoms with Crippen molar-refractivity contribution >= 4 is 51.7 Å². The molecule has 0 aromatic carbocycles.